The van der Waals surface area contributed by atoms with E-state index in [4.69, 9.17) is 4.74 Å². The van der Waals surface area contributed by atoms with Gasteiger partial charge in [0.05, 0.1) is 18.9 Å². The summed E-state index contributed by atoms with van der Waals surface area (Å²) < 4.78 is 5.44. The smallest absolute Gasteiger partial charge is 0.235 e. The van der Waals surface area contributed by atoms with Gasteiger partial charge in [0.25, 0.3) is 0 Å². The van der Waals surface area contributed by atoms with Gasteiger partial charge in [0.1, 0.15) is 5.75 Å². The van der Waals surface area contributed by atoms with E-state index in [0.717, 1.165) is 48.2 Å². The third-order valence-electron chi connectivity index (χ3n) is 5.33. The van der Waals surface area contributed by atoms with E-state index in [1.807, 2.05) is 48.5 Å². The lowest BCUT2D eigenvalue weighted by molar-refractivity contribution is -0.120. The minimum Gasteiger partial charge on any atom is -0.496 e. The van der Waals surface area contributed by atoms with Crippen LogP contribution in [0.15, 0.2) is 48.5 Å². The number of nitrogens with one attached hydrogen (secondary N) is 2. The van der Waals surface area contributed by atoms with Gasteiger partial charge in [0, 0.05) is 17.3 Å². The Morgan fingerprint density at radius 2 is 1.78 bits per heavy atom. The van der Waals surface area contributed by atoms with Gasteiger partial charge in [-0.25, -0.2) is 0 Å². The molecule has 4 rings (SSSR count). The molecule has 0 unspecified atom stereocenters. The van der Waals surface area contributed by atoms with Crippen LogP contribution in [-0.4, -0.2) is 25.0 Å². The molecule has 0 bridgehead atoms. The standard InChI is InChI=1S/C22H24N2O3/c1-27-19-5-3-2-4-18(19)22(12-13-22)21(26)24-17-8-6-15(7-9-17)14-20(25)23-16-10-11-16/h2-9,16H,10-14H2,1H3,(H,23,25)(H,24,26). The summed E-state index contributed by atoms with van der Waals surface area (Å²) >= 11 is 0. The van der Waals surface area contributed by atoms with Crippen LogP contribution < -0.4 is 15.4 Å². The molecule has 0 radical (unpaired) electrons. The van der Waals surface area contributed by atoms with Gasteiger partial charge in [-0.15, -0.1) is 0 Å². The molecule has 0 aliphatic heterocycles. The zero-order chi connectivity index (χ0) is 18.9. The number of para-hydroxylation sites is 1. The number of methoxy groups -OCH3 is 1. The number of anilines is 1. The van der Waals surface area contributed by atoms with Crippen LogP contribution in [0.4, 0.5) is 5.69 Å². The maximum Gasteiger partial charge on any atom is 0.235 e. The number of amides is 2. The Kier molecular flexibility index (Phi) is 4.60. The first kappa shape index (κ1) is 17.6. The number of carbonyl (C=O) groups is 2. The summed E-state index contributed by atoms with van der Waals surface area (Å²) in [5, 5.41) is 6.01. The van der Waals surface area contributed by atoms with Gasteiger partial charge in [0.2, 0.25) is 11.8 Å². The maximum absolute atomic E-state index is 12.9. The highest BCUT2D eigenvalue weighted by molar-refractivity contribution is 6.01. The summed E-state index contributed by atoms with van der Waals surface area (Å²) in [4.78, 5) is 24.8. The van der Waals surface area contributed by atoms with Crippen LogP contribution in [0.25, 0.3) is 0 Å². The molecule has 2 aromatic rings. The fourth-order valence-electron chi connectivity index (χ4n) is 3.43. The van der Waals surface area contributed by atoms with Crippen molar-refractivity contribution in [2.24, 2.45) is 0 Å². The Labute approximate surface area is 159 Å². The Morgan fingerprint density at radius 1 is 1.07 bits per heavy atom. The Morgan fingerprint density at radius 3 is 2.41 bits per heavy atom. The summed E-state index contributed by atoms with van der Waals surface area (Å²) in [5.74, 6) is 0.802. The Balaban J connectivity index is 1.41. The highest BCUT2D eigenvalue weighted by Gasteiger charge is 2.52. The quantitative estimate of drug-likeness (QED) is 0.793. The molecule has 2 aliphatic carbocycles. The van der Waals surface area contributed by atoms with Gasteiger partial charge in [-0.3, -0.25) is 9.59 Å². The van der Waals surface area contributed by atoms with Crippen molar-refractivity contribution < 1.29 is 14.3 Å². The van der Waals surface area contributed by atoms with E-state index in [1.165, 1.54) is 0 Å². The number of hydrogen-bond acceptors (Lipinski definition) is 3. The van der Waals surface area contributed by atoms with E-state index in [9.17, 15) is 9.59 Å². The van der Waals surface area contributed by atoms with Crippen molar-refractivity contribution in [2.75, 3.05) is 12.4 Å². The molecular formula is C22H24N2O3. The van der Waals surface area contributed by atoms with Crippen LogP contribution in [0, 0.1) is 0 Å². The molecule has 2 fully saturated rings. The van der Waals surface area contributed by atoms with E-state index in [2.05, 4.69) is 10.6 Å². The molecule has 0 heterocycles. The fraction of sp³-hybridized carbons (Fsp3) is 0.364. The molecule has 2 amide bonds. The summed E-state index contributed by atoms with van der Waals surface area (Å²) in [7, 11) is 1.63. The van der Waals surface area contributed by atoms with Crippen molar-refractivity contribution in [2.45, 2.75) is 43.6 Å². The topological polar surface area (TPSA) is 67.4 Å². The first-order valence-electron chi connectivity index (χ1n) is 9.44. The second kappa shape index (κ2) is 7.06. The molecule has 2 aliphatic rings. The van der Waals surface area contributed by atoms with Gasteiger partial charge in [-0.2, -0.15) is 0 Å². The number of carbonyl (C=O) groups excluding carboxylic acids is 2. The molecule has 5 nitrogen and oxygen atoms in total. The van der Waals surface area contributed by atoms with Crippen molar-refractivity contribution in [3.05, 3.63) is 59.7 Å². The van der Waals surface area contributed by atoms with Crippen LogP contribution >= 0.6 is 0 Å². The number of rotatable bonds is 7. The van der Waals surface area contributed by atoms with Crippen molar-refractivity contribution in [1.82, 2.24) is 5.32 Å². The van der Waals surface area contributed by atoms with E-state index >= 15 is 0 Å². The Bertz CT molecular complexity index is 852. The molecular weight excluding hydrogens is 340 g/mol. The fourth-order valence-corrected chi connectivity index (χ4v) is 3.43. The summed E-state index contributed by atoms with van der Waals surface area (Å²) in [5.41, 5.74) is 2.12. The SMILES string of the molecule is COc1ccccc1C1(C(=O)Nc2ccc(CC(=O)NC3CC3)cc2)CC1. The van der Waals surface area contributed by atoms with Gasteiger partial charge < -0.3 is 15.4 Å². The van der Waals surface area contributed by atoms with Gasteiger partial charge in [-0.05, 0) is 49.4 Å². The second-order valence-corrected chi connectivity index (χ2v) is 7.45. The molecule has 0 aromatic heterocycles. The monoisotopic (exact) mass is 364 g/mol. The van der Waals surface area contributed by atoms with Crippen molar-refractivity contribution in [3.63, 3.8) is 0 Å². The normalized spacial score (nSPS) is 17.1. The molecule has 0 spiro atoms. The lowest BCUT2D eigenvalue weighted by Gasteiger charge is -2.18. The zero-order valence-electron chi connectivity index (χ0n) is 15.5. The van der Waals surface area contributed by atoms with Crippen molar-refractivity contribution >= 4 is 17.5 Å². The summed E-state index contributed by atoms with van der Waals surface area (Å²) in [6.45, 7) is 0. The predicted octanol–water partition coefficient (Wildman–Crippen LogP) is 3.19. The first-order valence-corrected chi connectivity index (χ1v) is 9.44. The molecule has 2 aromatic carbocycles. The molecule has 2 saturated carbocycles. The zero-order valence-corrected chi connectivity index (χ0v) is 15.5. The minimum absolute atomic E-state index is 0.00812. The highest BCUT2D eigenvalue weighted by atomic mass is 16.5. The van der Waals surface area contributed by atoms with Crippen molar-refractivity contribution in [1.29, 1.82) is 0 Å². The molecule has 0 saturated heterocycles. The lowest BCUT2D eigenvalue weighted by atomic mass is 9.94. The third-order valence-corrected chi connectivity index (χ3v) is 5.33. The lowest BCUT2D eigenvalue weighted by Crippen LogP contribution is -2.28. The van der Waals surface area contributed by atoms with Crippen molar-refractivity contribution in [3.8, 4) is 5.75 Å². The molecule has 140 valence electrons. The summed E-state index contributed by atoms with van der Waals surface area (Å²) in [6.07, 6.45) is 4.18. The van der Waals surface area contributed by atoms with E-state index in [0.29, 0.717) is 12.5 Å². The molecule has 2 N–H and O–H groups in total. The largest absolute Gasteiger partial charge is 0.496 e. The van der Waals surface area contributed by atoms with Gasteiger partial charge >= 0.3 is 0 Å². The van der Waals surface area contributed by atoms with Crippen LogP contribution in [0.2, 0.25) is 0 Å². The van der Waals surface area contributed by atoms with Gasteiger partial charge in [-0.1, -0.05) is 30.3 Å². The average molecular weight is 364 g/mol. The highest BCUT2D eigenvalue weighted by Crippen LogP contribution is 2.51. The van der Waals surface area contributed by atoms with Crippen LogP contribution in [0.3, 0.4) is 0 Å². The molecule has 27 heavy (non-hydrogen) atoms. The van der Waals surface area contributed by atoms with E-state index < -0.39 is 5.41 Å². The van der Waals surface area contributed by atoms with E-state index in [-0.39, 0.29) is 11.8 Å². The number of benzene rings is 2. The van der Waals surface area contributed by atoms with Gasteiger partial charge in [0.15, 0.2) is 0 Å². The van der Waals surface area contributed by atoms with Crippen LogP contribution in [0.5, 0.6) is 5.75 Å². The number of hydrogen-bond donors (Lipinski definition) is 2. The maximum atomic E-state index is 12.9. The third kappa shape index (κ3) is 3.82. The first-order chi connectivity index (χ1) is 13.1. The Hall–Kier alpha value is -2.82. The number of ether oxygens (including phenoxy) is 1. The second-order valence-electron chi connectivity index (χ2n) is 7.45. The van der Waals surface area contributed by atoms with E-state index in [1.54, 1.807) is 7.11 Å². The summed E-state index contributed by atoms with van der Waals surface area (Å²) in [6, 6.07) is 15.6. The van der Waals surface area contributed by atoms with Crippen LogP contribution in [-0.2, 0) is 21.4 Å². The molecule has 0 atom stereocenters. The average Bonchev–Trinajstić information content (AvgIpc) is 3.58. The predicted molar refractivity (Wildman–Crippen MR) is 104 cm³/mol. The minimum atomic E-state index is -0.505. The molecule has 5 heteroatoms. The van der Waals surface area contributed by atoms with Crippen LogP contribution in [0.1, 0.15) is 36.8 Å².